The summed E-state index contributed by atoms with van der Waals surface area (Å²) in [6, 6.07) is 5.16. The number of nitrogens with one attached hydrogen (secondary N) is 2. The van der Waals surface area contributed by atoms with Crippen LogP contribution in [0.1, 0.15) is 30.7 Å². The predicted octanol–water partition coefficient (Wildman–Crippen LogP) is 1.83. The summed E-state index contributed by atoms with van der Waals surface area (Å²) in [5, 5.41) is 20.1. The highest BCUT2D eigenvalue weighted by atomic mass is 19.1. The maximum atomic E-state index is 12.9. The SMILES string of the molecule is CCc1nn(C)cc1CNC(=O)NCC(C)(O)c1ccc(F)cc1. The van der Waals surface area contributed by atoms with Gasteiger partial charge in [0.2, 0.25) is 0 Å². The lowest BCUT2D eigenvalue weighted by Gasteiger charge is -2.24. The van der Waals surface area contributed by atoms with Crippen LogP contribution in [0.3, 0.4) is 0 Å². The number of aliphatic hydroxyl groups is 1. The predicted molar refractivity (Wildman–Crippen MR) is 88.8 cm³/mol. The Bertz CT molecular complexity index is 695. The van der Waals surface area contributed by atoms with Crippen LogP contribution in [-0.4, -0.2) is 27.5 Å². The lowest BCUT2D eigenvalue weighted by Crippen LogP contribution is -2.43. The quantitative estimate of drug-likeness (QED) is 0.754. The van der Waals surface area contributed by atoms with Gasteiger partial charge in [-0.1, -0.05) is 19.1 Å². The van der Waals surface area contributed by atoms with Crippen molar-refractivity contribution in [2.75, 3.05) is 6.54 Å². The van der Waals surface area contributed by atoms with Gasteiger partial charge in [-0.2, -0.15) is 5.10 Å². The molecule has 3 N–H and O–H groups in total. The van der Waals surface area contributed by atoms with Crippen LogP contribution in [0.25, 0.3) is 0 Å². The minimum atomic E-state index is -1.28. The Morgan fingerprint density at radius 1 is 1.33 bits per heavy atom. The number of aryl methyl sites for hydroxylation is 2. The maximum Gasteiger partial charge on any atom is 0.315 e. The Labute approximate surface area is 140 Å². The molecular formula is C17H23FN4O2. The van der Waals surface area contributed by atoms with Crippen molar-refractivity contribution in [2.24, 2.45) is 7.05 Å². The van der Waals surface area contributed by atoms with Gasteiger partial charge in [-0.25, -0.2) is 9.18 Å². The van der Waals surface area contributed by atoms with E-state index in [1.165, 1.54) is 24.3 Å². The summed E-state index contributed by atoms with van der Waals surface area (Å²) in [5.41, 5.74) is 1.15. The molecular weight excluding hydrogens is 311 g/mol. The van der Waals surface area contributed by atoms with Crippen LogP contribution in [0.2, 0.25) is 0 Å². The molecule has 0 aliphatic carbocycles. The largest absolute Gasteiger partial charge is 0.384 e. The summed E-state index contributed by atoms with van der Waals surface area (Å²) in [5.74, 6) is -0.372. The Morgan fingerprint density at radius 3 is 2.62 bits per heavy atom. The zero-order valence-corrected chi connectivity index (χ0v) is 14.1. The minimum Gasteiger partial charge on any atom is -0.384 e. The number of halogens is 1. The second kappa shape index (κ2) is 7.44. The second-order valence-corrected chi connectivity index (χ2v) is 5.95. The number of benzene rings is 1. The number of carbonyl (C=O) groups excluding carboxylic acids is 1. The van der Waals surface area contributed by atoms with E-state index < -0.39 is 5.60 Å². The van der Waals surface area contributed by atoms with Crippen LogP contribution in [0.5, 0.6) is 0 Å². The number of urea groups is 1. The maximum absolute atomic E-state index is 12.9. The van der Waals surface area contributed by atoms with Gasteiger partial charge >= 0.3 is 6.03 Å². The van der Waals surface area contributed by atoms with Crippen LogP contribution in [0.4, 0.5) is 9.18 Å². The van der Waals surface area contributed by atoms with Crippen molar-refractivity contribution in [2.45, 2.75) is 32.4 Å². The molecule has 0 fully saturated rings. The van der Waals surface area contributed by atoms with Crippen LogP contribution in [-0.2, 0) is 25.6 Å². The van der Waals surface area contributed by atoms with Crippen molar-refractivity contribution in [3.63, 3.8) is 0 Å². The van der Waals surface area contributed by atoms with E-state index in [1.807, 2.05) is 20.2 Å². The molecule has 7 heteroatoms. The van der Waals surface area contributed by atoms with E-state index in [1.54, 1.807) is 11.6 Å². The van der Waals surface area contributed by atoms with E-state index in [-0.39, 0.29) is 18.4 Å². The molecule has 1 aromatic carbocycles. The van der Waals surface area contributed by atoms with Crippen LogP contribution < -0.4 is 10.6 Å². The number of amides is 2. The van der Waals surface area contributed by atoms with Gasteiger partial charge in [0.1, 0.15) is 11.4 Å². The zero-order valence-electron chi connectivity index (χ0n) is 14.1. The third-order valence-electron chi connectivity index (χ3n) is 3.83. The zero-order chi connectivity index (χ0) is 17.7. The average molecular weight is 334 g/mol. The summed E-state index contributed by atoms with van der Waals surface area (Å²) < 4.78 is 14.7. The van der Waals surface area contributed by atoms with Crippen molar-refractivity contribution in [3.05, 3.63) is 53.1 Å². The molecule has 2 rings (SSSR count). The van der Waals surface area contributed by atoms with E-state index in [2.05, 4.69) is 15.7 Å². The molecule has 0 radical (unpaired) electrons. The lowest BCUT2D eigenvalue weighted by atomic mass is 9.96. The Kier molecular flexibility index (Phi) is 5.56. The topological polar surface area (TPSA) is 79.2 Å². The smallest absolute Gasteiger partial charge is 0.315 e. The van der Waals surface area contributed by atoms with Gasteiger partial charge in [0.25, 0.3) is 0 Å². The summed E-state index contributed by atoms with van der Waals surface area (Å²) in [6.07, 6.45) is 2.66. The van der Waals surface area contributed by atoms with Crippen LogP contribution >= 0.6 is 0 Å². The minimum absolute atomic E-state index is 0.0120. The third kappa shape index (κ3) is 4.55. The summed E-state index contributed by atoms with van der Waals surface area (Å²) in [4.78, 5) is 11.9. The first-order valence-corrected chi connectivity index (χ1v) is 7.83. The first-order chi connectivity index (χ1) is 11.3. The summed E-state index contributed by atoms with van der Waals surface area (Å²) >= 11 is 0. The van der Waals surface area contributed by atoms with Crippen molar-refractivity contribution >= 4 is 6.03 Å². The second-order valence-electron chi connectivity index (χ2n) is 5.95. The van der Waals surface area contributed by atoms with Gasteiger partial charge in [-0.15, -0.1) is 0 Å². The molecule has 0 spiro atoms. The number of hydrogen-bond acceptors (Lipinski definition) is 3. The summed E-state index contributed by atoms with van der Waals surface area (Å²) in [6.45, 7) is 3.95. The van der Waals surface area contributed by atoms with Crippen molar-refractivity contribution in [1.82, 2.24) is 20.4 Å². The van der Waals surface area contributed by atoms with Gasteiger partial charge in [-0.3, -0.25) is 4.68 Å². The third-order valence-corrected chi connectivity index (χ3v) is 3.83. The number of nitrogens with zero attached hydrogens (tertiary/aromatic N) is 2. The van der Waals surface area contributed by atoms with Crippen LogP contribution in [0, 0.1) is 5.82 Å². The molecule has 2 aromatic rings. The number of hydrogen-bond donors (Lipinski definition) is 3. The highest BCUT2D eigenvalue weighted by molar-refractivity contribution is 5.73. The van der Waals surface area contributed by atoms with E-state index in [9.17, 15) is 14.3 Å². The van der Waals surface area contributed by atoms with Gasteiger partial charge < -0.3 is 15.7 Å². The van der Waals surface area contributed by atoms with E-state index in [0.29, 0.717) is 12.1 Å². The van der Waals surface area contributed by atoms with E-state index in [0.717, 1.165) is 17.7 Å². The molecule has 1 atom stereocenters. The monoisotopic (exact) mass is 334 g/mol. The molecule has 24 heavy (non-hydrogen) atoms. The Hall–Kier alpha value is -2.41. The van der Waals surface area contributed by atoms with Gasteiger partial charge in [0.15, 0.2) is 0 Å². The normalized spacial score (nSPS) is 13.4. The number of rotatable bonds is 6. The molecule has 0 aliphatic heterocycles. The fourth-order valence-electron chi connectivity index (χ4n) is 2.43. The highest BCUT2D eigenvalue weighted by Gasteiger charge is 2.23. The van der Waals surface area contributed by atoms with Gasteiger partial charge in [0, 0.05) is 25.4 Å². The highest BCUT2D eigenvalue weighted by Crippen LogP contribution is 2.19. The molecule has 0 saturated heterocycles. The standard InChI is InChI=1S/C17H23FN4O2/c1-4-15-12(10-22(3)21-15)9-19-16(23)20-11-17(2,24)13-5-7-14(18)8-6-13/h5-8,10,24H,4,9,11H2,1-3H3,(H2,19,20,23). The fourth-order valence-corrected chi connectivity index (χ4v) is 2.43. The molecule has 6 nitrogen and oxygen atoms in total. The van der Waals surface area contributed by atoms with Gasteiger partial charge in [-0.05, 0) is 31.0 Å². The molecule has 0 bridgehead atoms. The van der Waals surface area contributed by atoms with Crippen molar-refractivity contribution < 1.29 is 14.3 Å². The molecule has 130 valence electrons. The number of aromatic nitrogens is 2. The first-order valence-electron chi connectivity index (χ1n) is 7.83. The van der Waals surface area contributed by atoms with E-state index in [4.69, 9.17) is 0 Å². The summed E-state index contributed by atoms with van der Waals surface area (Å²) in [7, 11) is 1.84. The average Bonchev–Trinajstić information content (AvgIpc) is 2.91. The molecule has 0 saturated carbocycles. The first kappa shape index (κ1) is 17.9. The molecule has 1 heterocycles. The lowest BCUT2D eigenvalue weighted by molar-refractivity contribution is 0.0593. The van der Waals surface area contributed by atoms with Crippen molar-refractivity contribution in [3.8, 4) is 0 Å². The van der Waals surface area contributed by atoms with Gasteiger partial charge in [0.05, 0.1) is 12.2 Å². The number of carbonyl (C=O) groups is 1. The molecule has 2 amide bonds. The Morgan fingerprint density at radius 2 is 2.00 bits per heavy atom. The van der Waals surface area contributed by atoms with Crippen LogP contribution in [0.15, 0.2) is 30.5 Å². The Balaban J connectivity index is 1.87. The molecule has 1 aromatic heterocycles. The fraction of sp³-hybridized carbons (Fsp3) is 0.412. The van der Waals surface area contributed by atoms with E-state index >= 15 is 0 Å². The van der Waals surface area contributed by atoms with Crippen molar-refractivity contribution in [1.29, 1.82) is 0 Å². The molecule has 0 aliphatic rings. The molecule has 1 unspecified atom stereocenters.